The van der Waals surface area contributed by atoms with Crippen LogP contribution in [0, 0.1) is 0 Å². The van der Waals surface area contributed by atoms with Crippen molar-refractivity contribution in [2.24, 2.45) is 0 Å². The minimum Gasteiger partial charge on any atom is -0.387 e. The molecule has 4 atom stereocenters. The van der Waals surface area contributed by atoms with Gasteiger partial charge in [0.2, 0.25) is 0 Å². The molecule has 0 amide bonds. The van der Waals surface area contributed by atoms with Crippen molar-refractivity contribution in [3.05, 3.63) is 22.2 Å². The number of phosphoric acid groups is 1. The van der Waals surface area contributed by atoms with Crippen molar-refractivity contribution in [2.75, 3.05) is 12.3 Å². The number of unbranched alkanes of at least 4 members (excludes halogenated alkanes) is 3. The van der Waals surface area contributed by atoms with Crippen molar-refractivity contribution in [1.29, 1.82) is 0 Å². The SMILES string of the molecule is CCCCCCc1cn([C@@H]2O[C@H](COP(=O)(O)O)[C@@H](O)[C@H]2O)c(=O)nc1N. The van der Waals surface area contributed by atoms with E-state index in [9.17, 15) is 19.6 Å². The second-order valence-electron chi connectivity index (χ2n) is 6.48. The maximum atomic E-state index is 12.2. The van der Waals surface area contributed by atoms with Gasteiger partial charge in [-0.25, -0.2) is 9.36 Å². The van der Waals surface area contributed by atoms with Gasteiger partial charge in [0.1, 0.15) is 24.1 Å². The number of aliphatic hydroxyl groups is 2. The van der Waals surface area contributed by atoms with E-state index in [4.69, 9.17) is 20.3 Å². The van der Waals surface area contributed by atoms with Crippen LogP contribution in [0.4, 0.5) is 5.82 Å². The zero-order valence-electron chi connectivity index (χ0n) is 15.0. The van der Waals surface area contributed by atoms with E-state index in [0.29, 0.717) is 12.0 Å². The molecule has 0 spiro atoms. The molecule has 1 aliphatic heterocycles. The minimum atomic E-state index is -4.77. The lowest BCUT2D eigenvalue weighted by Crippen LogP contribution is -2.36. The predicted octanol–water partition coefficient (Wildman–Crippen LogP) is -0.323. The molecule has 6 N–H and O–H groups in total. The molecule has 1 aliphatic rings. The summed E-state index contributed by atoms with van der Waals surface area (Å²) in [5.41, 5.74) is 5.66. The summed E-state index contributed by atoms with van der Waals surface area (Å²) in [5.74, 6) is 0.0992. The third kappa shape index (κ3) is 5.82. The number of rotatable bonds is 9. The highest BCUT2D eigenvalue weighted by molar-refractivity contribution is 7.46. The smallest absolute Gasteiger partial charge is 0.387 e. The average molecular weight is 407 g/mol. The number of anilines is 1. The normalized spacial score (nSPS) is 25.8. The number of phosphoric ester groups is 1. The Bertz CT molecular complexity index is 736. The van der Waals surface area contributed by atoms with E-state index in [2.05, 4.69) is 16.4 Å². The van der Waals surface area contributed by atoms with Crippen LogP contribution in [-0.4, -0.2) is 54.5 Å². The molecule has 0 unspecified atom stereocenters. The highest BCUT2D eigenvalue weighted by Gasteiger charge is 2.45. The van der Waals surface area contributed by atoms with Crippen LogP contribution in [0.3, 0.4) is 0 Å². The van der Waals surface area contributed by atoms with Crippen LogP contribution >= 0.6 is 7.82 Å². The number of aryl methyl sites for hydroxylation is 1. The molecule has 0 saturated carbocycles. The number of hydrogen-bond donors (Lipinski definition) is 5. The van der Waals surface area contributed by atoms with Gasteiger partial charge in [-0.3, -0.25) is 9.09 Å². The van der Waals surface area contributed by atoms with Crippen LogP contribution in [0.1, 0.15) is 44.4 Å². The summed E-state index contributed by atoms with van der Waals surface area (Å²) < 4.78 is 21.5. The van der Waals surface area contributed by atoms with E-state index >= 15 is 0 Å². The molecule has 154 valence electrons. The summed E-state index contributed by atoms with van der Waals surface area (Å²) in [6.45, 7) is 1.44. The highest BCUT2D eigenvalue weighted by atomic mass is 31.2. The van der Waals surface area contributed by atoms with Gasteiger partial charge in [0, 0.05) is 11.8 Å². The maximum absolute atomic E-state index is 12.2. The third-order valence-electron chi connectivity index (χ3n) is 4.38. The van der Waals surface area contributed by atoms with Gasteiger partial charge in [-0.15, -0.1) is 0 Å². The molecule has 1 aromatic heterocycles. The number of aliphatic hydroxyl groups excluding tert-OH is 2. The van der Waals surface area contributed by atoms with Crippen LogP contribution in [-0.2, 0) is 20.2 Å². The van der Waals surface area contributed by atoms with Crippen molar-refractivity contribution < 1.29 is 33.8 Å². The number of aromatic nitrogens is 2. The zero-order chi connectivity index (χ0) is 20.2. The van der Waals surface area contributed by atoms with Crippen LogP contribution < -0.4 is 11.4 Å². The molecule has 0 aromatic carbocycles. The molecule has 0 aliphatic carbocycles. The fourth-order valence-corrected chi connectivity index (χ4v) is 3.25. The highest BCUT2D eigenvalue weighted by Crippen LogP contribution is 2.38. The summed E-state index contributed by atoms with van der Waals surface area (Å²) in [6.07, 6.45) is 0.515. The number of nitrogen functional groups attached to an aromatic ring is 1. The van der Waals surface area contributed by atoms with Gasteiger partial charge in [-0.2, -0.15) is 4.98 Å². The van der Waals surface area contributed by atoms with Gasteiger partial charge in [0.25, 0.3) is 0 Å². The zero-order valence-corrected chi connectivity index (χ0v) is 15.9. The fourth-order valence-electron chi connectivity index (χ4n) is 2.91. The van der Waals surface area contributed by atoms with Gasteiger partial charge in [0.15, 0.2) is 6.23 Å². The van der Waals surface area contributed by atoms with Crippen molar-refractivity contribution >= 4 is 13.6 Å². The Labute approximate surface area is 156 Å². The van der Waals surface area contributed by atoms with Crippen molar-refractivity contribution in [2.45, 2.75) is 63.6 Å². The van der Waals surface area contributed by atoms with E-state index < -0.39 is 44.7 Å². The molecule has 2 rings (SSSR count). The lowest BCUT2D eigenvalue weighted by molar-refractivity contribution is -0.0543. The minimum absolute atomic E-state index is 0.0992. The largest absolute Gasteiger partial charge is 0.469 e. The van der Waals surface area contributed by atoms with Gasteiger partial charge in [-0.05, 0) is 12.8 Å². The predicted molar refractivity (Wildman–Crippen MR) is 94.7 cm³/mol. The molecular formula is C15H26N3O8P. The second-order valence-corrected chi connectivity index (χ2v) is 7.72. The van der Waals surface area contributed by atoms with E-state index in [0.717, 1.165) is 30.3 Å². The standard InChI is InChI=1S/C15H26N3O8P/c1-2-3-4-5-6-9-7-18(15(21)17-13(9)16)14-12(20)11(19)10(26-14)8-25-27(22,23)24/h7,10-12,14,19-20H,2-6,8H2,1H3,(H2,16,17,21)(H2,22,23,24)/t10-,11-,12-,14-/m1/s1. The van der Waals surface area contributed by atoms with Gasteiger partial charge in [0.05, 0.1) is 6.61 Å². The quantitative estimate of drug-likeness (QED) is 0.269. The summed E-state index contributed by atoms with van der Waals surface area (Å²) in [7, 11) is -4.77. The Morgan fingerprint density at radius 1 is 1.30 bits per heavy atom. The summed E-state index contributed by atoms with van der Waals surface area (Å²) in [4.78, 5) is 33.4. The number of ether oxygens (including phenoxy) is 1. The Kier molecular flexibility index (Phi) is 7.52. The number of nitrogens with two attached hydrogens (primary N) is 1. The van der Waals surface area contributed by atoms with Crippen LogP contribution in [0.2, 0.25) is 0 Å². The van der Waals surface area contributed by atoms with Gasteiger partial charge in [-0.1, -0.05) is 26.2 Å². The molecule has 1 fully saturated rings. The van der Waals surface area contributed by atoms with E-state index in [1.165, 1.54) is 6.20 Å². The van der Waals surface area contributed by atoms with Crippen molar-refractivity contribution in [1.82, 2.24) is 9.55 Å². The fraction of sp³-hybridized carbons (Fsp3) is 0.733. The summed E-state index contributed by atoms with van der Waals surface area (Å²) in [6, 6.07) is 0. The van der Waals surface area contributed by atoms with Gasteiger partial charge >= 0.3 is 13.5 Å². The first-order chi connectivity index (χ1) is 12.6. The molecule has 27 heavy (non-hydrogen) atoms. The average Bonchev–Trinajstić information content (AvgIpc) is 2.86. The molecule has 1 aromatic rings. The van der Waals surface area contributed by atoms with Crippen molar-refractivity contribution in [3.8, 4) is 0 Å². The second kappa shape index (κ2) is 9.24. The first kappa shape index (κ1) is 22.0. The molecule has 0 bridgehead atoms. The number of nitrogens with zero attached hydrogens (tertiary/aromatic N) is 2. The van der Waals surface area contributed by atoms with Crippen molar-refractivity contribution in [3.63, 3.8) is 0 Å². The van der Waals surface area contributed by atoms with Crippen LogP contribution in [0.15, 0.2) is 11.0 Å². The van der Waals surface area contributed by atoms with E-state index in [-0.39, 0.29) is 5.82 Å². The van der Waals surface area contributed by atoms with Gasteiger partial charge < -0.3 is 30.5 Å². The Balaban J connectivity index is 2.16. The Morgan fingerprint density at radius 3 is 2.63 bits per heavy atom. The lowest BCUT2D eigenvalue weighted by atomic mass is 10.1. The lowest BCUT2D eigenvalue weighted by Gasteiger charge is -2.18. The molecule has 11 nitrogen and oxygen atoms in total. The Hall–Kier alpha value is -1.33. The third-order valence-corrected chi connectivity index (χ3v) is 4.86. The maximum Gasteiger partial charge on any atom is 0.469 e. The summed E-state index contributed by atoms with van der Waals surface area (Å²) >= 11 is 0. The van der Waals surface area contributed by atoms with E-state index in [1.54, 1.807) is 0 Å². The monoisotopic (exact) mass is 407 g/mol. The topological polar surface area (TPSA) is 177 Å². The van der Waals surface area contributed by atoms with Crippen LogP contribution in [0.5, 0.6) is 0 Å². The molecule has 2 heterocycles. The molecule has 12 heteroatoms. The summed E-state index contributed by atoms with van der Waals surface area (Å²) in [5, 5.41) is 20.2. The first-order valence-corrected chi connectivity index (χ1v) is 10.3. The Morgan fingerprint density at radius 2 is 2.00 bits per heavy atom. The van der Waals surface area contributed by atoms with Crippen LogP contribution in [0.25, 0.3) is 0 Å². The molecular weight excluding hydrogens is 381 g/mol. The van der Waals surface area contributed by atoms with E-state index in [1.807, 2.05) is 0 Å². The first-order valence-electron chi connectivity index (χ1n) is 8.73. The molecule has 1 saturated heterocycles. The molecule has 0 radical (unpaired) electrons. The number of hydrogen-bond acceptors (Lipinski definition) is 8.